The number of aliphatic hydroxyl groups excluding tert-OH is 1. The van der Waals surface area contributed by atoms with Gasteiger partial charge < -0.3 is 14.5 Å². The minimum absolute atomic E-state index is 0.0325. The molecule has 3 heterocycles. The number of carbonyl (C=O) groups excluding carboxylic acids is 1. The van der Waals surface area contributed by atoms with Crippen molar-refractivity contribution in [2.75, 3.05) is 19.7 Å². The molecule has 0 spiro atoms. The summed E-state index contributed by atoms with van der Waals surface area (Å²) in [4.78, 5) is 18.9. The van der Waals surface area contributed by atoms with Crippen molar-refractivity contribution in [3.05, 3.63) is 23.0 Å². The number of nitrogens with zero attached hydrogens (tertiary/aromatic N) is 3. The van der Waals surface area contributed by atoms with Gasteiger partial charge in [0, 0.05) is 25.4 Å². The largest absolute Gasteiger partial charge is 0.396 e. The van der Waals surface area contributed by atoms with Crippen LogP contribution in [0.5, 0.6) is 0 Å². The molecule has 0 aromatic carbocycles. The summed E-state index contributed by atoms with van der Waals surface area (Å²) < 4.78 is 5.18. The van der Waals surface area contributed by atoms with Gasteiger partial charge >= 0.3 is 0 Å². The zero-order valence-electron chi connectivity index (χ0n) is 12.3. The molecule has 0 aliphatic carbocycles. The highest BCUT2D eigenvalue weighted by molar-refractivity contribution is 6.06. The molecule has 1 N–H and O–H groups in total. The van der Waals surface area contributed by atoms with E-state index in [-0.39, 0.29) is 18.4 Å². The van der Waals surface area contributed by atoms with Crippen LogP contribution in [0.25, 0.3) is 11.1 Å². The molecule has 1 aliphatic heterocycles. The summed E-state index contributed by atoms with van der Waals surface area (Å²) in [5, 5.41) is 13.9. The van der Waals surface area contributed by atoms with Crippen molar-refractivity contribution in [3.8, 4) is 0 Å². The second-order valence-electron chi connectivity index (χ2n) is 5.70. The first-order valence-electron chi connectivity index (χ1n) is 7.24. The first-order chi connectivity index (χ1) is 10.1. The van der Waals surface area contributed by atoms with Gasteiger partial charge in [0.15, 0.2) is 0 Å². The summed E-state index contributed by atoms with van der Waals surface area (Å²) in [6, 6.07) is 1.79. The molecule has 6 nitrogen and oxygen atoms in total. The van der Waals surface area contributed by atoms with E-state index in [1.54, 1.807) is 6.07 Å². The van der Waals surface area contributed by atoms with Gasteiger partial charge in [0.1, 0.15) is 0 Å². The molecular weight excluding hydrogens is 270 g/mol. The second kappa shape index (κ2) is 5.44. The van der Waals surface area contributed by atoms with E-state index in [4.69, 9.17) is 4.52 Å². The number of piperidine rings is 1. The van der Waals surface area contributed by atoms with Gasteiger partial charge in [-0.1, -0.05) is 5.16 Å². The van der Waals surface area contributed by atoms with E-state index >= 15 is 0 Å². The van der Waals surface area contributed by atoms with Crippen LogP contribution in [-0.2, 0) is 0 Å². The van der Waals surface area contributed by atoms with Crippen molar-refractivity contribution < 1.29 is 14.4 Å². The molecule has 2 aromatic rings. The lowest BCUT2D eigenvalue weighted by atomic mass is 9.98. The van der Waals surface area contributed by atoms with Crippen LogP contribution in [0.2, 0.25) is 0 Å². The third kappa shape index (κ3) is 2.51. The first-order valence-corrected chi connectivity index (χ1v) is 7.24. The third-order valence-corrected chi connectivity index (χ3v) is 4.04. The van der Waals surface area contributed by atoms with Gasteiger partial charge in [0.2, 0.25) is 0 Å². The number of likely N-dealkylation sites (tertiary alicyclic amines) is 1. The maximum Gasteiger partial charge on any atom is 0.258 e. The Labute approximate surface area is 122 Å². The molecule has 21 heavy (non-hydrogen) atoms. The SMILES string of the molecule is Cc1cc(C(=O)N2CCCC(CO)C2)c2c(C)noc2n1. The summed E-state index contributed by atoms with van der Waals surface area (Å²) >= 11 is 0. The summed E-state index contributed by atoms with van der Waals surface area (Å²) in [5.41, 5.74) is 2.41. The number of hydrogen-bond acceptors (Lipinski definition) is 5. The number of hydrogen-bond donors (Lipinski definition) is 1. The van der Waals surface area contributed by atoms with Crippen LogP contribution < -0.4 is 0 Å². The minimum atomic E-state index is -0.0325. The Kier molecular flexibility index (Phi) is 3.63. The normalized spacial score (nSPS) is 19.2. The Bertz CT molecular complexity index is 680. The van der Waals surface area contributed by atoms with E-state index in [2.05, 4.69) is 10.1 Å². The van der Waals surface area contributed by atoms with Crippen LogP contribution in [0.15, 0.2) is 10.6 Å². The third-order valence-electron chi connectivity index (χ3n) is 4.04. The molecule has 0 saturated carbocycles. The molecule has 1 amide bonds. The van der Waals surface area contributed by atoms with Gasteiger partial charge in [0.25, 0.3) is 11.6 Å². The number of rotatable bonds is 2. The highest BCUT2D eigenvalue weighted by Gasteiger charge is 2.27. The number of aromatic nitrogens is 2. The molecule has 1 atom stereocenters. The van der Waals surface area contributed by atoms with Gasteiger partial charge in [-0.2, -0.15) is 0 Å². The molecule has 6 heteroatoms. The van der Waals surface area contributed by atoms with Crippen molar-refractivity contribution in [1.82, 2.24) is 15.0 Å². The maximum absolute atomic E-state index is 12.8. The van der Waals surface area contributed by atoms with Crippen LogP contribution in [0, 0.1) is 19.8 Å². The van der Waals surface area contributed by atoms with Gasteiger partial charge in [-0.25, -0.2) is 4.98 Å². The summed E-state index contributed by atoms with van der Waals surface area (Å²) in [7, 11) is 0. The summed E-state index contributed by atoms with van der Waals surface area (Å²) in [6.45, 7) is 5.10. The molecule has 1 saturated heterocycles. The quantitative estimate of drug-likeness (QED) is 0.910. The average Bonchev–Trinajstić information content (AvgIpc) is 2.87. The molecule has 1 aliphatic rings. The lowest BCUT2D eigenvalue weighted by molar-refractivity contribution is 0.0622. The standard InChI is InChI=1S/C15H19N3O3/c1-9-6-12(13-10(2)17-21-14(13)16-9)15(20)18-5-3-4-11(7-18)8-19/h6,11,19H,3-5,7-8H2,1-2H3. The maximum atomic E-state index is 12.8. The van der Waals surface area contributed by atoms with E-state index in [1.807, 2.05) is 18.7 Å². The minimum Gasteiger partial charge on any atom is -0.396 e. The molecular formula is C15H19N3O3. The van der Waals surface area contributed by atoms with Crippen LogP contribution in [-0.4, -0.2) is 45.8 Å². The zero-order valence-corrected chi connectivity index (χ0v) is 12.3. The van der Waals surface area contributed by atoms with E-state index in [9.17, 15) is 9.90 Å². The van der Waals surface area contributed by atoms with Crippen molar-refractivity contribution >= 4 is 17.0 Å². The van der Waals surface area contributed by atoms with Crippen molar-refractivity contribution in [2.24, 2.45) is 5.92 Å². The van der Waals surface area contributed by atoms with Gasteiger partial charge in [-0.15, -0.1) is 0 Å². The van der Waals surface area contributed by atoms with Crippen LogP contribution in [0.3, 0.4) is 0 Å². The summed E-state index contributed by atoms with van der Waals surface area (Å²) in [5.74, 6) is 0.139. The Morgan fingerprint density at radius 2 is 2.33 bits per heavy atom. The number of carbonyl (C=O) groups is 1. The van der Waals surface area contributed by atoms with Crippen molar-refractivity contribution in [1.29, 1.82) is 0 Å². The lowest BCUT2D eigenvalue weighted by Gasteiger charge is -2.32. The predicted molar refractivity (Wildman–Crippen MR) is 77.0 cm³/mol. The Balaban J connectivity index is 1.99. The fraction of sp³-hybridized carbons (Fsp3) is 0.533. The Hall–Kier alpha value is -1.95. The number of fused-ring (bicyclic) bond motifs is 1. The highest BCUT2D eigenvalue weighted by Crippen LogP contribution is 2.25. The molecule has 2 aromatic heterocycles. The second-order valence-corrected chi connectivity index (χ2v) is 5.70. The molecule has 3 rings (SSSR count). The van der Waals surface area contributed by atoms with Crippen LogP contribution in [0.4, 0.5) is 0 Å². The Morgan fingerprint density at radius 3 is 3.10 bits per heavy atom. The smallest absolute Gasteiger partial charge is 0.258 e. The zero-order chi connectivity index (χ0) is 15.0. The van der Waals surface area contributed by atoms with E-state index < -0.39 is 0 Å². The molecule has 0 radical (unpaired) electrons. The highest BCUT2D eigenvalue weighted by atomic mass is 16.5. The van der Waals surface area contributed by atoms with Crippen LogP contribution in [0.1, 0.15) is 34.6 Å². The average molecular weight is 289 g/mol. The van der Waals surface area contributed by atoms with Crippen molar-refractivity contribution in [3.63, 3.8) is 0 Å². The molecule has 112 valence electrons. The number of pyridine rings is 1. The molecule has 0 bridgehead atoms. The van der Waals surface area contributed by atoms with Crippen LogP contribution >= 0.6 is 0 Å². The van der Waals surface area contributed by atoms with Gasteiger partial charge in [-0.3, -0.25) is 4.79 Å². The number of aryl methyl sites for hydroxylation is 2. The van der Waals surface area contributed by atoms with Gasteiger partial charge in [-0.05, 0) is 38.7 Å². The van der Waals surface area contributed by atoms with Crippen molar-refractivity contribution in [2.45, 2.75) is 26.7 Å². The van der Waals surface area contributed by atoms with E-state index in [1.165, 1.54) is 0 Å². The summed E-state index contributed by atoms with van der Waals surface area (Å²) in [6.07, 6.45) is 1.89. The fourth-order valence-corrected chi connectivity index (χ4v) is 2.96. The van der Waals surface area contributed by atoms with E-state index in [0.717, 1.165) is 25.1 Å². The number of aliphatic hydroxyl groups is 1. The number of amides is 1. The molecule has 1 fully saturated rings. The first kappa shape index (κ1) is 14.0. The molecule has 1 unspecified atom stereocenters. The van der Waals surface area contributed by atoms with E-state index in [0.29, 0.717) is 28.9 Å². The Morgan fingerprint density at radius 1 is 1.52 bits per heavy atom. The van der Waals surface area contributed by atoms with Gasteiger partial charge in [0.05, 0.1) is 16.6 Å². The fourth-order valence-electron chi connectivity index (χ4n) is 2.96. The monoisotopic (exact) mass is 289 g/mol. The lowest BCUT2D eigenvalue weighted by Crippen LogP contribution is -2.41. The predicted octanol–water partition coefficient (Wildman–Crippen LogP) is 1.68. The topological polar surface area (TPSA) is 79.5 Å².